The third-order valence-corrected chi connectivity index (χ3v) is 10.4. The van der Waals surface area contributed by atoms with Crippen LogP contribution < -0.4 is 9.64 Å². The summed E-state index contributed by atoms with van der Waals surface area (Å²) in [4.78, 5) is 32.1. The molecule has 1 aromatic heterocycles. The molecule has 0 spiro atoms. The van der Waals surface area contributed by atoms with Crippen LogP contribution in [0.1, 0.15) is 89.7 Å². The number of carbonyl (C=O) groups excluding carboxylic acids is 2. The number of hydrogen-bond donors (Lipinski definition) is 0. The minimum Gasteiger partial charge on any atom is -0.494 e. The third kappa shape index (κ3) is 9.94. The Morgan fingerprint density at radius 2 is 1.64 bits per heavy atom. The van der Waals surface area contributed by atoms with E-state index in [-0.39, 0.29) is 18.1 Å². The first-order valence-electron chi connectivity index (χ1n) is 17.6. The Bertz CT molecular complexity index is 1450. The van der Waals surface area contributed by atoms with E-state index in [4.69, 9.17) is 14.2 Å². The van der Waals surface area contributed by atoms with Crippen molar-refractivity contribution in [3.63, 3.8) is 0 Å². The predicted octanol–water partition coefficient (Wildman–Crippen LogP) is 8.36. The molecule has 3 heterocycles. The van der Waals surface area contributed by atoms with E-state index < -0.39 is 6.16 Å². The maximum atomic E-state index is 13.1. The summed E-state index contributed by atoms with van der Waals surface area (Å²) in [5.74, 6) is 0.645. The van der Waals surface area contributed by atoms with Gasteiger partial charge in [0.05, 0.1) is 18.9 Å². The number of fused-ring (bicyclic) bond motifs is 2. The zero-order valence-corrected chi connectivity index (χ0v) is 29.5. The minimum absolute atomic E-state index is 0.0769. The molecule has 1 fully saturated rings. The smallest absolute Gasteiger partial charge is 0.494 e. The highest BCUT2D eigenvalue weighted by molar-refractivity contribution is 7.17. The van der Waals surface area contributed by atoms with Crippen molar-refractivity contribution in [2.75, 3.05) is 57.6 Å². The molecule has 9 heteroatoms. The molecular weight excluding hydrogens is 611 g/mol. The molecule has 2 aliphatic heterocycles. The number of unbranched alkanes of at least 4 members (excludes halogenated alkanes) is 6. The van der Waals surface area contributed by atoms with Gasteiger partial charge in [-0.2, -0.15) is 0 Å². The molecule has 1 saturated heterocycles. The molecule has 0 N–H and O–H groups in total. The Morgan fingerprint density at radius 1 is 0.872 bits per heavy atom. The van der Waals surface area contributed by atoms with E-state index in [1.165, 1.54) is 34.9 Å². The molecule has 2 aromatic carbocycles. The van der Waals surface area contributed by atoms with Crippen molar-refractivity contribution in [1.29, 1.82) is 0 Å². The highest BCUT2D eigenvalue weighted by Crippen LogP contribution is 2.42. The van der Waals surface area contributed by atoms with Gasteiger partial charge in [0.1, 0.15) is 5.75 Å². The van der Waals surface area contributed by atoms with Crippen LogP contribution in [0.4, 0.5) is 10.5 Å². The molecule has 2 aliphatic rings. The van der Waals surface area contributed by atoms with Crippen molar-refractivity contribution in [1.82, 2.24) is 9.80 Å². The zero-order valence-electron chi connectivity index (χ0n) is 28.6. The Kier molecular flexibility index (Phi) is 13.0. The number of rotatable bonds is 17. The van der Waals surface area contributed by atoms with Gasteiger partial charge in [0, 0.05) is 55.3 Å². The Labute approximate surface area is 285 Å². The van der Waals surface area contributed by atoms with Gasteiger partial charge in [0.2, 0.25) is 5.91 Å². The van der Waals surface area contributed by atoms with Crippen LogP contribution >= 0.6 is 11.3 Å². The highest BCUT2D eigenvalue weighted by Gasteiger charge is 2.37. The minimum atomic E-state index is -0.734. The van der Waals surface area contributed by atoms with Crippen LogP contribution in [-0.2, 0) is 26.2 Å². The second-order valence-corrected chi connectivity index (χ2v) is 14.6. The van der Waals surface area contributed by atoms with Gasteiger partial charge in [-0.25, -0.2) is 4.79 Å². The van der Waals surface area contributed by atoms with E-state index in [1.807, 2.05) is 29.5 Å². The van der Waals surface area contributed by atoms with Gasteiger partial charge in [-0.1, -0.05) is 71.1 Å². The Morgan fingerprint density at radius 3 is 2.47 bits per heavy atom. The summed E-state index contributed by atoms with van der Waals surface area (Å²) >= 11 is 1.82. The van der Waals surface area contributed by atoms with Crippen LogP contribution in [0.15, 0.2) is 47.8 Å². The van der Waals surface area contributed by atoms with E-state index in [1.54, 1.807) is 4.90 Å². The quantitative estimate of drug-likeness (QED) is 0.106. The third-order valence-electron chi connectivity index (χ3n) is 9.50. The Hall–Kier alpha value is -3.14. The molecule has 256 valence electrons. The average molecular weight is 664 g/mol. The van der Waals surface area contributed by atoms with Crippen LogP contribution in [0.25, 0.3) is 10.1 Å². The van der Waals surface area contributed by atoms with E-state index in [9.17, 15) is 9.59 Å². The van der Waals surface area contributed by atoms with Gasteiger partial charge in [0.15, 0.2) is 6.73 Å². The normalized spacial score (nSPS) is 16.7. The van der Waals surface area contributed by atoms with Gasteiger partial charge in [0.25, 0.3) is 0 Å². The van der Waals surface area contributed by atoms with Crippen molar-refractivity contribution >= 4 is 39.2 Å². The van der Waals surface area contributed by atoms with Crippen LogP contribution in [0.3, 0.4) is 0 Å². The lowest BCUT2D eigenvalue weighted by Gasteiger charge is -2.38. The van der Waals surface area contributed by atoms with Crippen molar-refractivity contribution in [2.24, 2.45) is 0 Å². The van der Waals surface area contributed by atoms with E-state index in [0.717, 1.165) is 88.4 Å². The summed E-state index contributed by atoms with van der Waals surface area (Å²) < 4.78 is 18.2. The first-order chi connectivity index (χ1) is 22.8. The SMILES string of the molecule is CCCCCCCCOC(=O)OCN1C(=O)CC(C)(C)c2ccc(OCCCCN3CCN(Cc4cccc5sccc45)CC3)cc21. The van der Waals surface area contributed by atoms with Crippen molar-refractivity contribution < 1.29 is 23.8 Å². The maximum absolute atomic E-state index is 13.1. The maximum Gasteiger partial charge on any atom is 0.510 e. The summed E-state index contributed by atoms with van der Waals surface area (Å²) in [6, 6.07) is 14.8. The Balaban J connectivity index is 1.03. The van der Waals surface area contributed by atoms with E-state index in [2.05, 4.69) is 60.2 Å². The number of hydrogen-bond acceptors (Lipinski definition) is 8. The van der Waals surface area contributed by atoms with E-state index >= 15 is 0 Å². The molecule has 0 radical (unpaired) electrons. The number of carbonyl (C=O) groups is 2. The van der Waals surface area contributed by atoms with Crippen LogP contribution in [0, 0.1) is 0 Å². The second kappa shape index (κ2) is 17.3. The summed E-state index contributed by atoms with van der Waals surface area (Å²) in [7, 11) is 0. The number of benzene rings is 2. The summed E-state index contributed by atoms with van der Waals surface area (Å²) in [5, 5.41) is 3.58. The molecular formula is C38H53N3O5S. The van der Waals surface area contributed by atoms with Crippen LogP contribution in [0.2, 0.25) is 0 Å². The number of nitrogens with zero attached hydrogens (tertiary/aromatic N) is 3. The summed E-state index contributed by atoms with van der Waals surface area (Å²) in [6.07, 6.45) is 8.31. The largest absolute Gasteiger partial charge is 0.510 e. The van der Waals surface area contributed by atoms with Gasteiger partial charge in [-0.15, -0.1) is 11.3 Å². The highest BCUT2D eigenvalue weighted by atomic mass is 32.1. The van der Waals surface area contributed by atoms with Gasteiger partial charge in [-0.3, -0.25) is 14.6 Å². The second-order valence-electron chi connectivity index (χ2n) is 13.6. The zero-order chi connectivity index (χ0) is 33.1. The number of piperazine rings is 1. The fourth-order valence-electron chi connectivity index (χ4n) is 6.67. The summed E-state index contributed by atoms with van der Waals surface area (Å²) in [5.41, 5.74) is 2.89. The lowest BCUT2D eigenvalue weighted by Crippen LogP contribution is -2.46. The lowest BCUT2D eigenvalue weighted by molar-refractivity contribution is -0.121. The number of ether oxygens (including phenoxy) is 3. The molecule has 8 nitrogen and oxygen atoms in total. The van der Waals surface area contributed by atoms with Crippen LogP contribution in [-0.4, -0.2) is 74.5 Å². The number of anilines is 1. The first-order valence-corrected chi connectivity index (χ1v) is 18.5. The molecule has 5 rings (SSSR count). The lowest BCUT2D eigenvalue weighted by atomic mass is 9.77. The number of thiophene rings is 1. The molecule has 3 aromatic rings. The molecule has 0 atom stereocenters. The van der Waals surface area contributed by atoms with Crippen LogP contribution in [0.5, 0.6) is 5.75 Å². The monoisotopic (exact) mass is 663 g/mol. The molecule has 0 bridgehead atoms. The number of amides is 1. The first kappa shape index (κ1) is 35.2. The average Bonchev–Trinajstić information content (AvgIpc) is 3.55. The fourth-order valence-corrected chi connectivity index (χ4v) is 7.51. The van der Waals surface area contributed by atoms with Gasteiger partial charge in [-0.05, 0) is 65.9 Å². The summed E-state index contributed by atoms with van der Waals surface area (Å²) in [6.45, 7) is 13.6. The van der Waals surface area contributed by atoms with Gasteiger partial charge >= 0.3 is 6.16 Å². The molecule has 47 heavy (non-hydrogen) atoms. The predicted molar refractivity (Wildman–Crippen MR) is 191 cm³/mol. The fraction of sp³-hybridized carbons (Fsp3) is 0.579. The van der Waals surface area contributed by atoms with E-state index in [0.29, 0.717) is 19.6 Å². The van der Waals surface area contributed by atoms with Crippen molar-refractivity contribution in [3.8, 4) is 5.75 Å². The van der Waals surface area contributed by atoms with Crippen molar-refractivity contribution in [3.05, 3.63) is 59.0 Å². The van der Waals surface area contributed by atoms with Crippen molar-refractivity contribution in [2.45, 2.75) is 90.5 Å². The molecule has 1 amide bonds. The topological polar surface area (TPSA) is 71.5 Å². The molecule has 0 aliphatic carbocycles. The molecule has 0 saturated carbocycles. The molecule has 0 unspecified atom stereocenters. The van der Waals surface area contributed by atoms with Gasteiger partial charge < -0.3 is 19.1 Å². The standard InChI is InChI=1S/C38H53N3O5S/c1-4-5-6-7-8-10-24-45-37(43)46-29-41-34-26-31(15-16-33(34)38(2,3)27-36(41)42)44-23-11-9-18-39-19-21-40(22-20-39)28-30-13-12-14-35-32(30)17-25-47-35/h12-17,25-26H,4-11,18-24,27-29H2,1-3H3.